The van der Waals surface area contributed by atoms with Gasteiger partial charge in [-0.1, -0.05) is 6.07 Å². The molecule has 6 rings (SSSR count). The summed E-state index contributed by atoms with van der Waals surface area (Å²) in [4.78, 5) is 12.0. The highest BCUT2D eigenvalue weighted by molar-refractivity contribution is 5.95. The molecule has 2 aromatic carbocycles. The van der Waals surface area contributed by atoms with Gasteiger partial charge in [0.1, 0.15) is 6.07 Å². The van der Waals surface area contributed by atoms with Crippen molar-refractivity contribution in [3.8, 4) is 6.07 Å². The first-order valence-electron chi connectivity index (χ1n) is 13.1. The fraction of sp³-hybridized carbons (Fsp3) is 0.448. The van der Waals surface area contributed by atoms with Gasteiger partial charge in [-0.15, -0.1) is 0 Å². The Bertz CT molecular complexity index is 1300. The van der Waals surface area contributed by atoms with E-state index in [2.05, 4.69) is 68.3 Å². The second kappa shape index (κ2) is 9.70. The Labute approximate surface area is 212 Å². The van der Waals surface area contributed by atoms with E-state index in [9.17, 15) is 10.4 Å². The van der Waals surface area contributed by atoms with Gasteiger partial charge < -0.3 is 15.3 Å². The summed E-state index contributed by atoms with van der Waals surface area (Å²) >= 11 is 0. The average Bonchev–Trinajstić information content (AvgIpc) is 3.31. The summed E-state index contributed by atoms with van der Waals surface area (Å²) in [5, 5.41) is 23.9. The number of β-amino-alcohol motifs (C(OH)–C–C–N with tert-alkyl or cyclic N) is 1. The Hall–Kier alpha value is -3.18. The highest BCUT2D eigenvalue weighted by atomic mass is 16.3. The molecule has 0 amide bonds. The third-order valence-corrected chi connectivity index (χ3v) is 8.18. The first kappa shape index (κ1) is 23.2. The van der Waals surface area contributed by atoms with Crippen molar-refractivity contribution in [1.29, 1.82) is 5.26 Å². The lowest BCUT2D eigenvalue weighted by Crippen LogP contribution is -2.59. The Morgan fingerprint density at radius 2 is 2.06 bits per heavy atom. The lowest BCUT2D eigenvalue weighted by Gasteiger charge is -2.49. The van der Waals surface area contributed by atoms with Gasteiger partial charge in [-0.3, -0.25) is 14.8 Å². The lowest BCUT2D eigenvalue weighted by molar-refractivity contribution is 0.101. The lowest BCUT2D eigenvalue weighted by atomic mass is 9.89. The van der Waals surface area contributed by atoms with E-state index in [0.717, 1.165) is 69.6 Å². The van der Waals surface area contributed by atoms with Crippen LogP contribution in [0.15, 0.2) is 48.7 Å². The van der Waals surface area contributed by atoms with Crippen molar-refractivity contribution in [2.24, 2.45) is 0 Å². The molecule has 0 aliphatic carbocycles. The largest absolute Gasteiger partial charge is 0.392 e. The number of piperazine rings is 1. The second-order valence-electron chi connectivity index (χ2n) is 10.6. The molecule has 0 spiro atoms. The highest BCUT2D eigenvalue weighted by Crippen LogP contribution is 2.35. The molecule has 186 valence electrons. The highest BCUT2D eigenvalue weighted by Gasteiger charge is 2.36. The Kier molecular flexibility index (Phi) is 6.26. The standard InChI is InChI=1S/C29H34N6O/c1-20-16-34(28-7-5-22(15-30)29-27(28)3-2-9-32-29)18-25-14-21-4-6-24(13-23(21)17-35(20)25)31-10-12-33-11-8-26(36)19-33/h2-7,9,13,20,25-26,31,36H,8,10-12,14,16-19H2,1H3/t20-,25+,26+/m1/s1. The first-order chi connectivity index (χ1) is 17.6. The maximum atomic E-state index is 9.73. The number of fused-ring (bicyclic) bond motifs is 3. The summed E-state index contributed by atoms with van der Waals surface area (Å²) in [5.41, 5.74) is 6.68. The number of nitriles is 1. The van der Waals surface area contributed by atoms with Crippen molar-refractivity contribution < 1.29 is 5.11 Å². The van der Waals surface area contributed by atoms with E-state index < -0.39 is 0 Å². The van der Waals surface area contributed by atoms with Crippen LogP contribution >= 0.6 is 0 Å². The minimum absolute atomic E-state index is 0.156. The van der Waals surface area contributed by atoms with Gasteiger partial charge in [-0.25, -0.2) is 0 Å². The maximum Gasteiger partial charge on any atom is 0.101 e. The van der Waals surface area contributed by atoms with E-state index in [1.54, 1.807) is 6.20 Å². The van der Waals surface area contributed by atoms with E-state index in [0.29, 0.717) is 17.6 Å². The molecule has 0 saturated carbocycles. The summed E-state index contributed by atoms with van der Waals surface area (Å²) in [6.45, 7) is 8.91. The van der Waals surface area contributed by atoms with Crippen LogP contribution in [0.25, 0.3) is 10.9 Å². The van der Waals surface area contributed by atoms with Crippen LogP contribution in [0.2, 0.25) is 0 Å². The Morgan fingerprint density at radius 1 is 1.14 bits per heavy atom. The van der Waals surface area contributed by atoms with Gasteiger partial charge >= 0.3 is 0 Å². The molecule has 3 atom stereocenters. The number of pyridine rings is 1. The predicted molar refractivity (Wildman–Crippen MR) is 143 cm³/mol. The minimum atomic E-state index is -0.156. The van der Waals surface area contributed by atoms with Crippen molar-refractivity contribution in [1.82, 2.24) is 14.8 Å². The number of nitrogens with zero attached hydrogens (tertiary/aromatic N) is 5. The molecule has 3 aliphatic heterocycles. The van der Waals surface area contributed by atoms with Crippen LogP contribution in [-0.4, -0.2) is 77.3 Å². The minimum Gasteiger partial charge on any atom is -0.392 e. The molecule has 4 heterocycles. The monoisotopic (exact) mass is 482 g/mol. The van der Waals surface area contributed by atoms with Gasteiger partial charge in [0.25, 0.3) is 0 Å². The topological polar surface area (TPSA) is 78.7 Å². The zero-order valence-corrected chi connectivity index (χ0v) is 20.9. The van der Waals surface area contributed by atoms with Crippen molar-refractivity contribution in [3.05, 3.63) is 65.4 Å². The third-order valence-electron chi connectivity index (χ3n) is 8.18. The summed E-state index contributed by atoms with van der Waals surface area (Å²) in [5.74, 6) is 0. The summed E-state index contributed by atoms with van der Waals surface area (Å²) in [6, 6.07) is 18.1. The molecule has 36 heavy (non-hydrogen) atoms. The van der Waals surface area contributed by atoms with Crippen molar-refractivity contribution in [3.63, 3.8) is 0 Å². The van der Waals surface area contributed by atoms with Crippen LogP contribution in [0.4, 0.5) is 11.4 Å². The number of likely N-dealkylation sites (tertiary alicyclic amines) is 1. The molecule has 7 nitrogen and oxygen atoms in total. The second-order valence-corrected chi connectivity index (χ2v) is 10.6. The van der Waals surface area contributed by atoms with Crippen LogP contribution in [0.1, 0.15) is 30.0 Å². The molecule has 0 bridgehead atoms. The number of aliphatic hydroxyl groups is 1. The van der Waals surface area contributed by atoms with Crippen LogP contribution in [0.3, 0.4) is 0 Å². The zero-order chi connectivity index (χ0) is 24.6. The fourth-order valence-electron chi connectivity index (χ4n) is 6.31. The molecule has 2 fully saturated rings. The number of benzene rings is 2. The van der Waals surface area contributed by atoms with Crippen LogP contribution in [-0.2, 0) is 13.0 Å². The number of hydrogen-bond acceptors (Lipinski definition) is 7. The first-order valence-corrected chi connectivity index (χ1v) is 13.1. The van der Waals surface area contributed by atoms with E-state index in [4.69, 9.17) is 0 Å². The molecule has 0 unspecified atom stereocenters. The van der Waals surface area contributed by atoms with Crippen molar-refractivity contribution >= 4 is 22.3 Å². The number of nitrogens with one attached hydrogen (secondary N) is 1. The van der Waals surface area contributed by atoms with E-state index >= 15 is 0 Å². The van der Waals surface area contributed by atoms with Gasteiger partial charge in [-0.05, 0) is 67.3 Å². The third kappa shape index (κ3) is 4.41. The number of aliphatic hydroxyl groups excluding tert-OH is 1. The summed E-state index contributed by atoms with van der Waals surface area (Å²) in [7, 11) is 0. The van der Waals surface area contributed by atoms with Gasteiger partial charge in [-0.2, -0.15) is 5.26 Å². The smallest absolute Gasteiger partial charge is 0.101 e. The van der Waals surface area contributed by atoms with E-state index in [-0.39, 0.29) is 6.10 Å². The number of anilines is 2. The Morgan fingerprint density at radius 3 is 2.89 bits per heavy atom. The quantitative estimate of drug-likeness (QED) is 0.578. The molecule has 1 aromatic heterocycles. The molecule has 7 heteroatoms. The van der Waals surface area contributed by atoms with E-state index in [1.165, 1.54) is 22.5 Å². The number of hydrogen-bond donors (Lipinski definition) is 2. The van der Waals surface area contributed by atoms with Crippen molar-refractivity contribution in [2.75, 3.05) is 49.5 Å². The molecule has 3 aliphatic rings. The van der Waals surface area contributed by atoms with Crippen LogP contribution < -0.4 is 10.2 Å². The molecule has 2 saturated heterocycles. The van der Waals surface area contributed by atoms with Gasteiger partial charge in [0.2, 0.25) is 0 Å². The summed E-state index contributed by atoms with van der Waals surface area (Å²) < 4.78 is 0. The molecule has 0 radical (unpaired) electrons. The summed E-state index contributed by atoms with van der Waals surface area (Å²) in [6.07, 6.45) is 3.56. The Balaban J connectivity index is 1.16. The fourth-order valence-corrected chi connectivity index (χ4v) is 6.31. The van der Waals surface area contributed by atoms with Gasteiger partial charge in [0, 0.05) is 80.9 Å². The number of rotatable bonds is 5. The van der Waals surface area contributed by atoms with Crippen LogP contribution in [0, 0.1) is 11.3 Å². The van der Waals surface area contributed by atoms with Gasteiger partial charge in [0.15, 0.2) is 0 Å². The SMILES string of the molecule is C[C@@H]1CN(c2ccc(C#N)c3ncccc23)C[C@@H]2Cc3ccc(NCCN4CC[C@H](O)C4)cc3CN21. The van der Waals surface area contributed by atoms with Crippen molar-refractivity contribution in [2.45, 2.75) is 44.5 Å². The normalized spacial score (nSPS) is 24.4. The molecular formula is C29H34N6O. The maximum absolute atomic E-state index is 9.73. The van der Waals surface area contributed by atoms with Crippen LogP contribution in [0.5, 0.6) is 0 Å². The van der Waals surface area contributed by atoms with Gasteiger partial charge in [0.05, 0.1) is 17.2 Å². The van der Waals surface area contributed by atoms with E-state index in [1.807, 2.05) is 12.1 Å². The predicted octanol–water partition coefficient (Wildman–Crippen LogP) is 3.22. The molecule has 2 N–H and O–H groups in total. The zero-order valence-electron chi connectivity index (χ0n) is 20.9. The number of aromatic nitrogens is 1. The average molecular weight is 483 g/mol. The molecule has 3 aromatic rings. The molecular weight excluding hydrogens is 448 g/mol.